The van der Waals surface area contributed by atoms with Crippen LogP contribution in [-0.4, -0.2) is 27.4 Å². The molecule has 0 amide bonds. The summed E-state index contributed by atoms with van der Waals surface area (Å²) in [7, 11) is 0. The van der Waals surface area contributed by atoms with Crippen LogP contribution in [0.5, 0.6) is 5.88 Å². The number of ether oxygens (including phenoxy) is 1. The van der Waals surface area contributed by atoms with E-state index in [0.717, 1.165) is 12.8 Å². The Morgan fingerprint density at radius 1 is 1.12 bits per heavy atom. The molecule has 4 nitrogen and oxygen atoms in total. The molecule has 2 aromatic rings. The highest BCUT2D eigenvalue weighted by Gasteiger charge is 2.38. The second-order valence-electron chi connectivity index (χ2n) is 7.70. The number of benzene rings is 1. The zero-order valence-corrected chi connectivity index (χ0v) is 14.6. The molecule has 1 saturated heterocycles. The Bertz CT molecular complexity index is 697. The van der Waals surface area contributed by atoms with Crippen molar-refractivity contribution in [2.75, 3.05) is 0 Å². The van der Waals surface area contributed by atoms with E-state index >= 15 is 0 Å². The Kier molecular flexibility index (Phi) is 4.30. The molecule has 0 spiro atoms. The third-order valence-electron chi connectivity index (χ3n) is 4.17. The van der Waals surface area contributed by atoms with E-state index in [1.54, 1.807) is 24.3 Å². The molecular weight excluding hydrogens is 305 g/mol. The molecule has 1 aliphatic heterocycles. The van der Waals surface area contributed by atoms with Crippen LogP contribution in [0.25, 0.3) is 11.3 Å². The molecule has 0 bridgehead atoms. The van der Waals surface area contributed by atoms with E-state index in [1.165, 1.54) is 6.07 Å². The maximum Gasteiger partial charge on any atom is 0.233 e. The van der Waals surface area contributed by atoms with Crippen LogP contribution in [0.1, 0.15) is 40.5 Å². The highest BCUT2D eigenvalue weighted by atomic mass is 19.1. The van der Waals surface area contributed by atoms with Crippen molar-refractivity contribution < 1.29 is 9.13 Å². The molecule has 127 valence electrons. The lowest BCUT2D eigenvalue weighted by molar-refractivity contribution is 0.0524. The molecule has 3 rings (SSSR count). The summed E-state index contributed by atoms with van der Waals surface area (Å²) in [6.07, 6.45) is 1.85. The number of aromatic nitrogens is 2. The van der Waals surface area contributed by atoms with Crippen LogP contribution < -0.4 is 10.1 Å². The summed E-state index contributed by atoms with van der Waals surface area (Å²) in [6.45, 7) is 8.70. The van der Waals surface area contributed by atoms with Gasteiger partial charge in [0, 0.05) is 35.5 Å². The zero-order chi connectivity index (χ0) is 17.4. The van der Waals surface area contributed by atoms with Gasteiger partial charge in [0.05, 0.1) is 5.69 Å². The van der Waals surface area contributed by atoms with Gasteiger partial charge >= 0.3 is 0 Å². The fraction of sp³-hybridized carbons (Fsp3) is 0.474. The molecule has 1 aromatic heterocycles. The molecule has 24 heavy (non-hydrogen) atoms. The minimum atomic E-state index is -0.359. The van der Waals surface area contributed by atoms with Gasteiger partial charge in [-0.15, -0.1) is 10.2 Å². The lowest BCUT2D eigenvalue weighted by Crippen LogP contribution is -2.60. The van der Waals surface area contributed by atoms with Crippen LogP contribution in [0.3, 0.4) is 0 Å². The molecule has 0 unspecified atom stereocenters. The Morgan fingerprint density at radius 3 is 2.42 bits per heavy atom. The summed E-state index contributed by atoms with van der Waals surface area (Å²) in [6, 6.07) is 10.8. The first-order chi connectivity index (χ1) is 11.2. The van der Waals surface area contributed by atoms with Gasteiger partial charge in [-0.3, -0.25) is 0 Å². The summed E-state index contributed by atoms with van der Waals surface area (Å²) in [4.78, 5) is 0. The number of rotatable bonds is 3. The van der Waals surface area contributed by atoms with E-state index in [9.17, 15) is 4.39 Å². The second-order valence-corrected chi connectivity index (χ2v) is 7.70. The number of nitrogens with one attached hydrogen (secondary N) is 1. The highest BCUT2D eigenvalue weighted by Crippen LogP contribution is 2.31. The van der Waals surface area contributed by atoms with Crippen LogP contribution in [0, 0.1) is 11.9 Å². The second kappa shape index (κ2) is 6.13. The van der Waals surface area contributed by atoms with Crippen LogP contribution in [0.4, 0.5) is 4.39 Å². The van der Waals surface area contributed by atoms with Gasteiger partial charge in [-0.1, -0.05) is 6.07 Å². The average Bonchev–Trinajstić information content (AvgIpc) is 2.45. The van der Waals surface area contributed by atoms with Gasteiger partial charge in [0.1, 0.15) is 11.9 Å². The van der Waals surface area contributed by atoms with Crippen LogP contribution in [0.15, 0.2) is 30.3 Å². The molecule has 0 aliphatic carbocycles. The van der Waals surface area contributed by atoms with E-state index in [4.69, 9.17) is 4.74 Å². The highest BCUT2D eigenvalue weighted by molar-refractivity contribution is 5.59. The van der Waals surface area contributed by atoms with Crippen molar-refractivity contribution in [3.63, 3.8) is 0 Å². The molecule has 1 N–H and O–H groups in total. The van der Waals surface area contributed by atoms with Crippen molar-refractivity contribution in [1.82, 2.24) is 15.5 Å². The normalized spacial score (nSPS) is 19.9. The van der Waals surface area contributed by atoms with E-state index in [0.29, 0.717) is 17.1 Å². The summed E-state index contributed by atoms with van der Waals surface area (Å²) >= 11 is 0. The number of hydrogen-bond acceptors (Lipinski definition) is 4. The predicted molar refractivity (Wildman–Crippen MR) is 91.2 cm³/mol. The Labute approximate surface area is 142 Å². The van der Waals surface area contributed by atoms with E-state index in [-0.39, 0.29) is 23.0 Å². The fourth-order valence-corrected chi connectivity index (χ4v) is 3.63. The van der Waals surface area contributed by atoms with Crippen molar-refractivity contribution in [1.29, 1.82) is 0 Å². The van der Waals surface area contributed by atoms with Crippen molar-refractivity contribution >= 4 is 0 Å². The maximum absolute atomic E-state index is 13.8. The van der Waals surface area contributed by atoms with Gasteiger partial charge in [0.25, 0.3) is 0 Å². The summed E-state index contributed by atoms with van der Waals surface area (Å²) in [5.74, 6) is 0.113. The SMILES string of the molecule is CC1(C)CC(Oc2ccc(-c3cc[c]cc3F)nn2)CC(C)(C)N1. The quantitative estimate of drug-likeness (QED) is 0.932. The van der Waals surface area contributed by atoms with Gasteiger partial charge in [0.15, 0.2) is 0 Å². The third-order valence-corrected chi connectivity index (χ3v) is 4.17. The fourth-order valence-electron chi connectivity index (χ4n) is 3.63. The first-order valence-electron chi connectivity index (χ1n) is 8.20. The molecule has 1 radical (unpaired) electrons. The van der Waals surface area contributed by atoms with Crippen molar-refractivity contribution in [2.45, 2.75) is 57.7 Å². The lowest BCUT2D eigenvalue weighted by Gasteiger charge is -2.46. The van der Waals surface area contributed by atoms with Crippen LogP contribution in [-0.2, 0) is 0 Å². The topological polar surface area (TPSA) is 47.0 Å². The lowest BCUT2D eigenvalue weighted by atomic mass is 9.81. The Balaban J connectivity index is 1.74. The average molecular weight is 328 g/mol. The maximum atomic E-state index is 13.8. The van der Waals surface area contributed by atoms with Gasteiger partial charge in [0.2, 0.25) is 5.88 Å². The molecule has 2 heterocycles. The number of piperidine rings is 1. The number of halogens is 1. The van der Waals surface area contributed by atoms with Crippen molar-refractivity contribution in [3.8, 4) is 17.1 Å². The van der Waals surface area contributed by atoms with Gasteiger partial charge in [-0.2, -0.15) is 0 Å². The smallest absolute Gasteiger partial charge is 0.233 e. The Morgan fingerprint density at radius 2 is 1.83 bits per heavy atom. The van der Waals surface area contributed by atoms with E-state index in [1.807, 2.05) is 0 Å². The molecule has 5 heteroatoms. The summed E-state index contributed by atoms with van der Waals surface area (Å²) in [5.41, 5.74) is 0.907. The van der Waals surface area contributed by atoms with E-state index in [2.05, 4.69) is 49.3 Å². The largest absolute Gasteiger partial charge is 0.473 e. The van der Waals surface area contributed by atoms with Crippen LogP contribution in [0.2, 0.25) is 0 Å². The number of hydrogen-bond donors (Lipinski definition) is 1. The minimum absolute atomic E-state index is 0.00343. The monoisotopic (exact) mass is 328 g/mol. The summed E-state index contributed by atoms with van der Waals surface area (Å²) in [5, 5.41) is 11.8. The molecular formula is C19H23FN3O. The molecule has 1 aliphatic rings. The first-order valence-corrected chi connectivity index (χ1v) is 8.20. The third kappa shape index (κ3) is 3.90. The standard InChI is InChI=1S/C19H23FN3O/c1-18(2)11-13(12-19(3,4)23-18)24-17-10-9-16(21-22-17)14-7-5-6-8-15(14)20/h5,7-10,13,23H,11-12H2,1-4H3. The summed E-state index contributed by atoms with van der Waals surface area (Å²) < 4.78 is 19.8. The minimum Gasteiger partial charge on any atom is -0.473 e. The molecule has 0 atom stereocenters. The number of nitrogens with zero attached hydrogens (tertiary/aromatic N) is 2. The van der Waals surface area contributed by atoms with Gasteiger partial charge in [-0.05, 0) is 52.0 Å². The molecule has 1 fully saturated rings. The van der Waals surface area contributed by atoms with Gasteiger partial charge in [-0.25, -0.2) is 4.39 Å². The van der Waals surface area contributed by atoms with Crippen LogP contribution >= 0.6 is 0 Å². The van der Waals surface area contributed by atoms with Crippen molar-refractivity contribution in [3.05, 3.63) is 42.2 Å². The zero-order valence-electron chi connectivity index (χ0n) is 14.6. The van der Waals surface area contributed by atoms with E-state index < -0.39 is 0 Å². The molecule has 0 saturated carbocycles. The first kappa shape index (κ1) is 16.8. The van der Waals surface area contributed by atoms with Crippen molar-refractivity contribution in [2.24, 2.45) is 0 Å². The molecule has 1 aromatic carbocycles. The predicted octanol–water partition coefficient (Wildman–Crippen LogP) is 3.77. The Hall–Kier alpha value is -2.01. The van der Waals surface area contributed by atoms with Gasteiger partial charge < -0.3 is 10.1 Å².